The average molecular weight is 575 g/mol. The van der Waals surface area contributed by atoms with Crippen LogP contribution in [0.2, 0.25) is 5.02 Å². The Morgan fingerprint density at radius 3 is 1.44 bits per heavy atom. The van der Waals surface area contributed by atoms with Crippen LogP contribution in [0.25, 0.3) is 0 Å². The normalized spacial score (nSPS) is 11.2. The number of hydrogen-bond acceptors (Lipinski definition) is 2. The molecular weight excluding hydrogens is 520 g/mol. The SMILES string of the molecule is CCCCCCCCN(c1ccccc1C)c1cc(C)c(N(CCCCCCCC)c2cc(Cl)ccc2C)cc1C. The summed E-state index contributed by atoms with van der Waals surface area (Å²) in [5.41, 5.74) is 10.4. The van der Waals surface area contributed by atoms with E-state index in [9.17, 15) is 0 Å². The Morgan fingerprint density at radius 2 is 0.902 bits per heavy atom. The molecule has 0 spiro atoms. The van der Waals surface area contributed by atoms with Gasteiger partial charge in [0.05, 0.1) is 0 Å². The largest absolute Gasteiger partial charge is 0.341 e. The quantitative estimate of drug-likeness (QED) is 0.139. The van der Waals surface area contributed by atoms with Crippen LogP contribution in [0.15, 0.2) is 54.6 Å². The first kappa shape index (κ1) is 33.1. The van der Waals surface area contributed by atoms with Gasteiger partial charge in [-0.3, -0.25) is 0 Å². The lowest BCUT2D eigenvalue weighted by Crippen LogP contribution is -2.23. The number of unbranched alkanes of at least 4 members (excludes halogenated alkanes) is 10. The lowest BCUT2D eigenvalue weighted by Gasteiger charge is -2.32. The van der Waals surface area contributed by atoms with Crippen LogP contribution in [0.1, 0.15) is 113 Å². The number of halogens is 1. The van der Waals surface area contributed by atoms with E-state index in [1.165, 1.54) is 122 Å². The number of hydrogen-bond donors (Lipinski definition) is 0. The minimum atomic E-state index is 0.800. The summed E-state index contributed by atoms with van der Waals surface area (Å²) >= 11 is 6.54. The molecule has 0 atom stereocenters. The molecular formula is C38H55ClN2. The summed E-state index contributed by atoms with van der Waals surface area (Å²) in [5, 5.41) is 0.800. The van der Waals surface area contributed by atoms with Gasteiger partial charge in [-0.1, -0.05) is 114 Å². The molecule has 2 nitrogen and oxygen atoms in total. The molecule has 3 rings (SSSR count). The summed E-state index contributed by atoms with van der Waals surface area (Å²) in [6.07, 6.45) is 15.6. The molecule has 0 aliphatic heterocycles. The number of benzene rings is 3. The van der Waals surface area contributed by atoms with Crippen molar-refractivity contribution in [2.45, 2.75) is 119 Å². The van der Waals surface area contributed by atoms with Gasteiger partial charge in [0.2, 0.25) is 0 Å². The Bertz CT molecular complexity index is 1200. The van der Waals surface area contributed by atoms with Crippen LogP contribution in [-0.4, -0.2) is 13.1 Å². The highest BCUT2D eigenvalue weighted by molar-refractivity contribution is 6.30. The molecule has 0 bridgehead atoms. The molecule has 0 aromatic heterocycles. The zero-order valence-corrected chi connectivity index (χ0v) is 27.6. The van der Waals surface area contributed by atoms with Crippen LogP contribution < -0.4 is 9.80 Å². The van der Waals surface area contributed by atoms with Crippen molar-refractivity contribution < 1.29 is 0 Å². The summed E-state index contributed by atoms with van der Waals surface area (Å²) in [7, 11) is 0. The molecule has 3 aromatic carbocycles. The molecule has 41 heavy (non-hydrogen) atoms. The third-order valence-electron chi connectivity index (χ3n) is 8.43. The van der Waals surface area contributed by atoms with Gasteiger partial charge >= 0.3 is 0 Å². The minimum Gasteiger partial charge on any atom is -0.341 e. The molecule has 0 unspecified atom stereocenters. The molecule has 0 heterocycles. The van der Waals surface area contributed by atoms with Crippen molar-refractivity contribution >= 4 is 34.4 Å². The Morgan fingerprint density at radius 1 is 0.463 bits per heavy atom. The van der Waals surface area contributed by atoms with E-state index >= 15 is 0 Å². The predicted octanol–water partition coefficient (Wildman–Crippen LogP) is 12.6. The molecule has 0 saturated carbocycles. The molecule has 0 aliphatic rings. The summed E-state index contributed by atoms with van der Waals surface area (Å²) in [5.74, 6) is 0. The zero-order chi connectivity index (χ0) is 29.6. The molecule has 224 valence electrons. The van der Waals surface area contributed by atoms with Gasteiger partial charge < -0.3 is 9.80 Å². The second-order valence-electron chi connectivity index (χ2n) is 12.0. The monoisotopic (exact) mass is 574 g/mol. The number of aryl methyl sites for hydroxylation is 4. The minimum absolute atomic E-state index is 0.800. The van der Waals surface area contributed by atoms with Gasteiger partial charge in [0.15, 0.2) is 0 Å². The second-order valence-corrected chi connectivity index (χ2v) is 12.4. The molecule has 0 amide bonds. The molecule has 0 N–H and O–H groups in total. The van der Waals surface area contributed by atoms with Crippen molar-refractivity contribution in [3.05, 3.63) is 81.9 Å². The standard InChI is InChI=1S/C38H55ClN2/c1-7-9-11-13-15-19-25-40(35-22-18-17-21-30(35)3)36-27-33(6)37(28-32(36)5)41(26-20-16-14-12-10-8-2)38-29-34(39)24-23-31(38)4/h17-18,21-24,27-29H,7-16,19-20,25-26H2,1-6H3. The van der Waals surface area contributed by atoms with E-state index in [-0.39, 0.29) is 0 Å². The summed E-state index contributed by atoms with van der Waals surface area (Å²) in [6, 6.07) is 20.0. The van der Waals surface area contributed by atoms with E-state index in [4.69, 9.17) is 11.6 Å². The third kappa shape index (κ3) is 9.81. The highest BCUT2D eigenvalue weighted by Gasteiger charge is 2.20. The summed E-state index contributed by atoms with van der Waals surface area (Å²) < 4.78 is 0. The first-order valence-electron chi connectivity index (χ1n) is 16.4. The predicted molar refractivity (Wildman–Crippen MR) is 184 cm³/mol. The van der Waals surface area contributed by atoms with E-state index in [0.29, 0.717) is 0 Å². The lowest BCUT2D eigenvalue weighted by atomic mass is 10.0. The van der Waals surface area contributed by atoms with E-state index in [1.54, 1.807) is 0 Å². The Balaban J connectivity index is 1.93. The van der Waals surface area contributed by atoms with Gasteiger partial charge in [-0.15, -0.1) is 0 Å². The van der Waals surface area contributed by atoms with Crippen molar-refractivity contribution in [1.29, 1.82) is 0 Å². The first-order chi connectivity index (χ1) is 19.9. The van der Waals surface area contributed by atoms with Crippen LogP contribution in [0.5, 0.6) is 0 Å². The van der Waals surface area contributed by atoms with Gasteiger partial charge in [-0.25, -0.2) is 0 Å². The van der Waals surface area contributed by atoms with E-state index in [0.717, 1.165) is 18.1 Å². The van der Waals surface area contributed by atoms with Crippen LogP contribution in [0, 0.1) is 27.7 Å². The fraction of sp³-hybridized carbons (Fsp3) is 0.526. The van der Waals surface area contributed by atoms with Crippen molar-refractivity contribution in [3.8, 4) is 0 Å². The number of nitrogens with zero attached hydrogens (tertiary/aromatic N) is 2. The molecule has 0 aliphatic carbocycles. The van der Waals surface area contributed by atoms with Gasteiger partial charge in [0.25, 0.3) is 0 Å². The smallest absolute Gasteiger partial charge is 0.0455 e. The van der Waals surface area contributed by atoms with Crippen molar-refractivity contribution in [2.75, 3.05) is 22.9 Å². The van der Waals surface area contributed by atoms with Crippen LogP contribution >= 0.6 is 11.6 Å². The second kappa shape index (κ2) is 17.5. The molecule has 0 radical (unpaired) electrons. The zero-order valence-electron chi connectivity index (χ0n) is 26.9. The summed E-state index contributed by atoms with van der Waals surface area (Å²) in [6.45, 7) is 15.6. The van der Waals surface area contributed by atoms with E-state index in [1.807, 2.05) is 6.07 Å². The average Bonchev–Trinajstić information content (AvgIpc) is 2.96. The number of para-hydroxylation sites is 1. The molecule has 3 heteroatoms. The topological polar surface area (TPSA) is 6.48 Å². The molecule has 3 aromatic rings. The van der Waals surface area contributed by atoms with E-state index in [2.05, 4.69) is 99.9 Å². The third-order valence-corrected chi connectivity index (χ3v) is 8.67. The number of rotatable bonds is 18. The van der Waals surface area contributed by atoms with E-state index < -0.39 is 0 Å². The van der Waals surface area contributed by atoms with Crippen LogP contribution in [-0.2, 0) is 0 Å². The van der Waals surface area contributed by atoms with Crippen molar-refractivity contribution in [3.63, 3.8) is 0 Å². The Labute approximate surface area is 257 Å². The maximum Gasteiger partial charge on any atom is 0.0455 e. The maximum absolute atomic E-state index is 6.54. The van der Waals surface area contributed by atoms with Crippen LogP contribution in [0.4, 0.5) is 22.7 Å². The maximum atomic E-state index is 6.54. The fourth-order valence-electron chi connectivity index (χ4n) is 5.95. The van der Waals surface area contributed by atoms with Crippen molar-refractivity contribution in [1.82, 2.24) is 0 Å². The molecule has 0 fully saturated rings. The van der Waals surface area contributed by atoms with Gasteiger partial charge in [-0.05, 0) is 93.1 Å². The number of anilines is 4. The van der Waals surface area contributed by atoms with Gasteiger partial charge in [0, 0.05) is 40.9 Å². The fourth-order valence-corrected chi connectivity index (χ4v) is 6.12. The first-order valence-corrected chi connectivity index (χ1v) is 16.7. The lowest BCUT2D eigenvalue weighted by molar-refractivity contribution is 0.608. The van der Waals surface area contributed by atoms with Gasteiger partial charge in [0.1, 0.15) is 0 Å². The van der Waals surface area contributed by atoms with Crippen LogP contribution in [0.3, 0.4) is 0 Å². The molecule has 0 saturated heterocycles. The Kier molecular flexibility index (Phi) is 14.1. The highest BCUT2D eigenvalue weighted by atomic mass is 35.5. The van der Waals surface area contributed by atoms with Gasteiger partial charge in [-0.2, -0.15) is 0 Å². The summed E-state index contributed by atoms with van der Waals surface area (Å²) in [4.78, 5) is 5.10. The van der Waals surface area contributed by atoms with Crippen molar-refractivity contribution in [2.24, 2.45) is 0 Å². The highest BCUT2D eigenvalue weighted by Crippen LogP contribution is 2.39. The Hall–Kier alpha value is -2.45.